The Morgan fingerprint density at radius 2 is 1.71 bits per heavy atom. The SMILES string of the molecule is CCOC(=O)C(Sc1nc(-c2ccc(C)cc2)cs1)C(=O)OCC. The van der Waals surface area contributed by atoms with Crippen molar-refractivity contribution < 1.29 is 19.1 Å². The number of nitrogens with zero attached hydrogens (tertiary/aromatic N) is 1. The summed E-state index contributed by atoms with van der Waals surface area (Å²) < 4.78 is 10.6. The highest BCUT2D eigenvalue weighted by molar-refractivity contribution is 8.02. The van der Waals surface area contributed by atoms with Crippen LogP contribution in [0.3, 0.4) is 0 Å². The van der Waals surface area contributed by atoms with Crippen LogP contribution in [0.4, 0.5) is 0 Å². The molecular weight excluding hydrogens is 346 g/mol. The molecule has 0 aliphatic heterocycles. The molecule has 128 valence electrons. The van der Waals surface area contributed by atoms with E-state index in [2.05, 4.69) is 4.98 Å². The van der Waals surface area contributed by atoms with Gasteiger partial charge in [0.1, 0.15) is 0 Å². The Morgan fingerprint density at radius 3 is 2.25 bits per heavy atom. The molecule has 1 heterocycles. The summed E-state index contributed by atoms with van der Waals surface area (Å²) in [6, 6.07) is 8.02. The van der Waals surface area contributed by atoms with Gasteiger partial charge in [-0.1, -0.05) is 41.6 Å². The lowest BCUT2D eigenvalue weighted by Crippen LogP contribution is -2.30. The number of hydrogen-bond acceptors (Lipinski definition) is 7. The van der Waals surface area contributed by atoms with Gasteiger partial charge in [0.25, 0.3) is 0 Å². The number of aromatic nitrogens is 1. The van der Waals surface area contributed by atoms with Crippen molar-refractivity contribution in [1.82, 2.24) is 4.98 Å². The summed E-state index contributed by atoms with van der Waals surface area (Å²) >= 11 is 2.45. The summed E-state index contributed by atoms with van der Waals surface area (Å²) in [5.41, 5.74) is 2.98. The van der Waals surface area contributed by atoms with Gasteiger partial charge in [-0.05, 0) is 20.8 Å². The van der Waals surface area contributed by atoms with Crippen molar-refractivity contribution in [3.05, 3.63) is 35.2 Å². The summed E-state index contributed by atoms with van der Waals surface area (Å²) in [7, 11) is 0. The van der Waals surface area contributed by atoms with Gasteiger partial charge in [0.2, 0.25) is 5.25 Å². The lowest BCUT2D eigenvalue weighted by molar-refractivity contribution is -0.152. The summed E-state index contributed by atoms with van der Waals surface area (Å²) in [4.78, 5) is 28.5. The molecule has 0 spiro atoms. The van der Waals surface area contributed by atoms with Gasteiger partial charge >= 0.3 is 11.9 Å². The molecule has 1 aromatic heterocycles. The zero-order chi connectivity index (χ0) is 17.5. The number of ether oxygens (including phenoxy) is 2. The summed E-state index contributed by atoms with van der Waals surface area (Å²) in [5, 5.41) is 0.849. The standard InChI is InChI=1S/C17H19NO4S2/c1-4-21-15(19)14(16(20)22-5-2)24-17-18-13(10-23-17)12-8-6-11(3)7-9-12/h6-10,14H,4-5H2,1-3H3. The maximum Gasteiger partial charge on any atom is 0.331 e. The second-order valence-electron chi connectivity index (χ2n) is 4.87. The third-order valence-corrected chi connectivity index (χ3v) is 5.18. The monoisotopic (exact) mass is 365 g/mol. The van der Waals surface area contributed by atoms with Crippen LogP contribution in [0.5, 0.6) is 0 Å². The first-order valence-electron chi connectivity index (χ1n) is 7.57. The second-order valence-corrected chi connectivity index (χ2v) is 7.08. The highest BCUT2D eigenvalue weighted by atomic mass is 32.2. The molecule has 24 heavy (non-hydrogen) atoms. The van der Waals surface area contributed by atoms with E-state index >= 15 is 0 Å². The number of hydrogen-bond donors (Lipinski definition) is 0. The molecule has 0 radical (unpaired) electrons. The summed E-state index contributed by atoms with van der Waals surface area (Å²) in [6.07, 6.45) is 0. The lowest BCUT2D eigenvalue weighted by atomic mass is 10.1. The van der Waals surface area contributed by atoms with E-state index in [1.807, 2.05) is 36.6 Å². The molecule has 0 fully saturated rings. The highest BCUT2D eigenvalue weighted by Gasteiger charge is 2.31. The maximum absolute atomic E-state index is 12.0. The Hall–Kier alpha value is -1.86. The Labute approximate surface area is 149 Å². The maximum atomic E-state index is 12.0. The average molecular weight is 365 g/mol. The molecule has 1 aromatic carbocycles. The number of aryl methyl sites for hydroxylation is 1. The van der Waals surface area contributed by atoms with Crippen LogP contribution in [0.25, 0.3) is 11.3 Å². The van der Waals surface area contributed by atoms with Crippen molar-refractivity contribution in [2.45, 2.75) is 30.4 Å². The van der Waals surface area contributed by atoms with E-state index in [0.29, 0.717) is 4.34 Å². The van der Waals surface area contributed by atoms with Crippen LogP contribution >= 0.6 is 23.1 Å². The first-order chi connectivity index (χ1) is 11.5. The second kappa shape index (κ2) is 8.84. The third kappa shape index (κ3) is 4.82. The van der Waals surface area contributed by atoms with E-state index in [0.717, 1.165) is 23.0 Å². The van der Waals surface area contributed by atoms with Crippen molar-refractivity contribution in [2.24, 2.45) is 0 Å². The molecular formula is C17H19NO4S2. The number of benzene rings is 1. The van der Waals surface area contributed by atoms with E-state index in [1.165, 1.54) is 16.9 Å². The zero-order valence-electron chi connectivity index (χ0n) is 13.8. The summed E-state index contributed by atoms with van der Waals surface area (Å²) in [5.74, 6) is -1.21. The fourth-order valence-corrected chi connectivity index (χ4v) is 3.79. The van der Waals surface area contributed by atoms with Gasteiger partial charge in [0.15, 0.2) is 4.34 Å². The molecule has 7 heteroatoms. The molecule has 0 saturated heterocycles. The van der Waals surface area contributed by atoms with Gasteiger partial charge < -0.3 is 9.47 Å². The molecule has 0 atom stereocenters. The molecule has 2 aromatic rings. The van der Waals surface area contributed by atoms with Crippen molar-refractivity contribution in [1.29, 1.82) is 0 Å². The first kappa shape index (κ1) is 18.5. The van der Waals surface area contributed by atoms with E-state index in [1.54, 1.807) is 13.8 Å². The van der Waals surface area contributed by atoms with Crippen LogP contribution in [0.1, 0.15) is 19.4 Å². The van der Waals surface area contributed by atoms with Crippen molar-refractivity contribution in [2.75, 3.05) is 13.2 Å². The van der Waals surface area contributed by atoms with Crippen molar-refractivity contribution in [3.8, 4) is 11.3 Å². The van der Waals surface area contributed by atoms with Crippen LogP contribution < -0.4 is 0 Å². The molecule has 0 saturated carbocycles. The number of thiazole rings is 1. The number of esters is 2. The topological polar surface area (TPSA) is 65.5 Å². The molecule has 0 N–H and O–H groups in total. The Morgan fingerprint density at radius 1 is 1.12 bits per heavy atom. The predicted octanol–water partition coefficient (Wildman–Crippen LogP) is 3.71. The van der Waals surface area contributed by atoms with Crippen LogP contribution in [-0.2, 0) is 19.1 Å². The van der Waals surface area contributed by atoms with Gasteiger partial charge in [0, 0.05) is 10.9 Å². The van der Waals surface area contributed by atoms with E-state index in [4.69, 9.17) is 9.47 Å². The van der Waals surface area contributed by atoms with Gasteiger partial charge in [-0.2, -0.15) is 0 Å². The molecule has 0 amide bonds. The van der Waals surface area contributed by atoms with Crippen LogP contribution in [0, 0.1) is 6.92 Å². The largest absolute Gasteiger partial charge is 0.465 e. The fourth-order valence-electron chi connectivity index (χ4n) is 1.90. The predicted molar refractivity (Wildman–Crippen MR) is 95.2 cm³/mol. The average Bonchev–Trinajstić information content (AvgIpc) is 3.02. The normalized spacial score (nSPS) is 10.7. The number of rotatable bonds is 7. The van der Waals surface area contributed by atoms with E-state index < -0.39 is 17.2 Å². The van der Waals surface area contributed by atoms with Crippen molar-refractivity contribution in [3.63, 3.8) is 0 Å². The van der Waals surface area contributed by atoms with Crippen LogP contribution in [-0.4, -0.2) is 35.4 Å². The Kier molecular flexibility index (Phi) is 6.81. The van der Waals surface area contributed by atoms with Crippen molar-refractivity contribution >= 4 is 35.0 Å². The Balaban J connectivity index is 2.16. The zero-order valence-corrected chi connectivity index (χ0v) is 15.4. The molecule has 2 rings (SSSR count). The molecule has 0 bridgehead atoms. The minimum Gasteiger partial charge on any atom is -0.465 e. The van der Waals surface area contributed by atoms with E-state index in [9.17, 15) is 9.59 Å². The number of thioether (sulfide) groups is 1. The lowest BCUT2D eigenvalue weighted by Gasteiger charge is -2.12. The molecule has 5 nitrogen and oxygen atoms in total. The van der Waals surface area contributed by atoms with Gasteiger partial charge in [-0.25, -0.2) is 4.98 Å². The smallest absolute Gasteiger partial charge is 0.331 e. The van der Waals surface area contributed by atoms with Gasteiger partial charge in [-0.3, -0.25) is 9.59 Å². The Bertz CT molecular complexity index is 679. The highest BCUT2D eigenvalue weighted by Crippen LogP contribution is 2.32. The van der Waals surface area contributed by atoms with Gasteiger partial charge in [0.05, 0.1) is 18.9 Å². The molecule has 0 unspecified atom stereocenters. The fraction of sp³-hybridized carbons (Fsp3) is 0.353. The quantitative estimate of drug-likeness (QED) is 0.423. The minimum atomic E-state index is -1.05. The third-order valence-electron chi connectivity index (χ3n) is 3.05. The minimum absolute atomic E-state index is 0.210. The molecule has 0 aliphatic rings. The van der Waals surface area contributed by atoms with Gasteiger partial charge in [-0.15, -0.1) is 11.3 Å². The van der Waals surface area contributed by atoms with Crippen LogP contribution in [0.2, 0.25) is 0 Å². The number of carbonyl (C=O) groups is 2. The van der Waals surface area contributed by atoms with Crippen LogP contribution in [0.15, 0.2) is 34.0 Å². The first-order valence-corrected chi connectivity index (χ1v) is 9.33. The summed E-state index contributed by atoms with van der Waals surface area (Å²) in [6.45, 7) is 5.84. The van der Waals surface area contributed by atoms with E-state index in [-0.39, 0.29) is 13.2 Å². The number of carbonyl (C=O) groups excluding carboxylic acids is 2. The molecule has 0 aliphatic carbocycles.